The molecule has 1 aromatic rings. The van der Waals surface area contributed by atoms with Crippen LogP contribution in [-0.2, 0) is 10.5 Å². The average Bonchev–Trinajstić information content (AvgIpc) is 2.44. The summed E-state index contributed by atoms with van der Waals surface area (Å²) >= 11 is 1.82. The molecule has 3 nitrogen and oxygen atoms in total. The van der Waals surface area contributed by atoms with Crippen LogP contribution in [0.15, 0.2) is 24.3 Å². The van der Waals surface area contributed by atoms with E-state index in [1.807, 2.05) is 24.8 Å². The monoisotopic (exact) mass is 309 g/mol. The molecule has 0 fully saturated rings. The lowest BCUT2D eigenvalue weighted by atomic mass is 9.96. The number of benzene rings is 1. The van der Waals surface area contributed by atoms with E-state index in [1.54, 1.807) is 6.92 Å². The molecule has 2 N–H and O–H groups in total. The molecule has 21 heavy (non-hydrogen) atoms. The summed E-state index contributed by atoms with van der Waals surface area (Å²) in [5, 5.41) is 12.9. The van der Waals surface area contributed by atoms with Gasteiger partial charge in [-0.05, 0) is 44.4 Å². The van der Waals surface area contributed by atoms with Gasteiger partial charge in [0.25, 0.3) is 0 Å². The fourth-order valence-corrected chi connectivity index (χ4v) is 3.51. The third-order valence-corrected chi connectivity index (χ3v) is 4.93. The van der Waals surface area contributed by atoms with Crippen molar-refractivity contribution in [1.82, 2.24) is 5.32 Å². The van der Waals surface area contributed by atoms with Crippen LogP contribution in [0.25, 0.3) is 0 Å². The van der Waals surface area contributed by atoms with Crippen molar-refractivity contribution in [2.75, 3.05) is 6.54 Å². The van der Waals surface area contributed by atoms with Gasteiger partial charge in [-0.1, -0.05) is 38.1 Å². The van der Waals surface area contributed by atoms with Crippen molar-refractivity contribution in [3.05, 3.63) is 35.4 Å². The topological polar surface area (TPSA) is 49.3 Å². The zero-order valence-electron chi connectivity index (χ0n) is 13.5. The van der Waals surface area contributed by atoms with Gasteiger partial charge in [-0.15, -0.1) is 0 Å². The minimum Gasteiger partial charge on any atom is -0.480 e. The van der Waals surface area contributed by atoms with Crippen molar-refractivity contribution in [3.8, 4) is 0 Å². The predicted molar refractivity (Wildman–Crippen MR) is 90.9 cm³/mol. The highest BCUT2D eigenvalue weighted by Gasteiger charge is 2.33. The van der Waals surface area contributed by atoms with Gasteiger partial charge < -0.3 is 10.4 Å². The average molecular weight is 309 g/mol. The molecule has 0 aliphatic heterocycles. The van der Waals surface area contributed by atoms with Crippen LogP contribution in [0.1, 0.15) is 44.7 Å². The number of aliphatic carboxylic acids is 1. The van der Waals surface area contributed by atoms with Crippen molar-refractivity contribution in [1.29, 1.82) is 0 Å². The molecule has 0 heterocycles. The maximum absolute atomic E-state index is 11.5. The lowest BCUT2D eigenvalue weighted by molar-refractivity contribution is -0.144. The summed E-state index contributed by atoms with van der Waals surface area (Å²) < 4.78 is 0. The summed E-state index contributed by atoms with van der Waals surface area (Å²) in [6.07, 6.45) is 1.56. The first kappa shape index (κ1) is 18.1. The number of nitrogens with one attached hydrogen (secondary N) is 1. The van der Waals surface area contributed by atoms with Crippen LogP contribution in [0.5, 0.6) is 0 Å². The van der Waals surface area contributed by atoms with E-state index in [0.29, 0.717) is 6.42 Å². The largest absolute Gasteiger partial charge is 0.480 e. The lowest BCUT2D eigenvalue weighted by Crippen LogP contribution is -2.51. The van der Waals surface area contributed by atoms with Crippen LogP contribution < -0.4 is 5.32 Å². The van der Waals surface area contributed by atoms with Crippen LogP contribution in [-0.4, -0.2) is 28.4 Å². The van der Waals surface area contributed by atoms with Gasteiger partial charge in [-0.3, -0.25) is 4.79 Å². The van der Waals surface area contributed by atoms with E-state index in [9.17, 15) is 9.90 Å². The Morgan fingerprint density at radius 2 is 2.10 bits per heavy atom. The summed E-state index contributed by atoms with van der Waals surface area (Å²) in [6, 6.07) is 8.35. The molecule has 1 rings (SSSR count). The van der Waals surface area contributed by atoms with Crippen molar-refractivity contribution < 1.29 is 9.90 Å². The van der Waals surface area contributed by atoms with Crippen molar-refractivity contribution in [3.63, 3.8) is 0 Å². The molecule has 0 bridgehead atoms. The summed E-state index contributed by atoms with van der Waals surface area (Å²) in [5.74, 6) is 0.163. The second kappa shape index (κ2) is 8.44. The number of carbonyl (C=O) groups is 1. The van der Waals surface area contributed by atoms with Gasteiger partial charge in [0.1, 0.15) is 5.54 Å². The number of carboxylic acids is 1. The normalized spacial score (nSPS) is 15.4. The molecule has 0 saturated carbocycles. The van der Waals surface area contributed by atoms with Crippen molar-refractivity contribution >= 4 is 17.7 Å². The Bertz CT molecular complexity index is 464. The van der Waals surface area contributed by atoms with Crippen LogP contribution in [0.3, 0.4) is 0 Å². The Hall–Kier alpha value is -1.00. The molecular formula is C17H27NO2S. The molecule has 1 aromatic carbocycles. The molecule has 0 amide bonds. The number of thioether (sulfide) groups is 1. The lowest BCUT2D eigenvalue weighted by Gasteiger charge is -2.29. The van der Waals surface area contributed by atoms with Gasteiger partial charge in [0.05, 0.1) is 0 Å². The second-order valence-corrected chi connectivity index (χ2v) is 7.24. The molecule has 0 aliphatic carbocycles. The molecule has 2 unspecified atom stereocenters. The van der Waals surface area contributed by atoms with Gasteiger partial charge in [0.2, 0.25) is 0 Å². The van der Waals surface area contributed by atoms with Crippen LogP contribution in [0.4, 0.5) is 0 Å². The quantitative estimate of drug-likeness (QED) is 0.727. The molecule has 0 aliphatic rings. The zero-order chi connectivity index (χ0) is 15.9. The molecule has 118 valence electrons. The fourth-order valence-electron chi connectivity index (χ4n) is 2.27. The maximum Gasteiger partial charge on any atom is 0.323 e. The zero-order valence-corrected chi connectivity index (χ0v) is 14.3. The highest BCUT2D eigenvalue weighted by Crippen LogP contribution is 2.26. The van der Waals surface area contributed by atoms with E-state index >= 15 is 0 Å². The summed E-state index contributed by atoms with van der Waals surface area (Å²) in [6.45, 7) is 8.79. The van der Waals surface area contributed by atoms with Crippen LogP contribution in [0, 0.1) is 6.92 Å². The number of rotatable bonds is 9. The second-order valence-electron chi connectivity index (χ2n) is 5.82. The molecule has 4 heteroatoms. The SMILES string of the molecule is CCCNC(C)(CC(C)SCc1ccccc1C)C(=O)O. The third-order valence-electron chi connectivity index (χ3n) is 3.72. The van der Waals surface area contributed by atoms with Gasteiger partial charge in [0.15, 0.2) is 0 Å². The standard InChI is InChI=1S/C17H27NO2S/c1-5-10-18-17(4,16(19)20)11-14(3)21-12-15-9-7-6-8-13(15)2/h6-9,14,18H,5,10-12H2,1-4H3,(H,19,20). The number of aryl methyl sites for hydroxylation is 1. The van der Waals surface area contributed by atoms with Crippen LogP contribution >= 0.6 is 11.8 Å². The Labute approximate surface area is 132 Å². The van der Waals surface area contributed by atoms with Gasteiger partial charge in [-0.25, -0.2) is 0 Å². The Morgan fingerprint density at radius 1 is 1.43 bits per heavy atom. The van der Waals surface area contributed by atoms with E-state index in [1.165, 1.54) is 11.1 Å². The fraction of sp³-hybridized carbons (Fsp3) is 0.588. The molecule has 0 saturated heterocycles. The summed E-state index contributed by atoms with van der Waals surface area (Å²) in [5.41, 5.74) is 1.78. The molecule has 2 atom stereocenters. The number of hydrogen-bond acceptors (Lipinski definition) is 3. The molecule has 0 aromatic heterocycles. The van der Waals surface area contributed by atoms with Crippen molar-refractivity contribution in [2.45, 2.75) is 57.1 Å². The smallest absolute Gasteiger partial charge is 0.323 e. The maximum atomic E-state index is 11.5. The van der Waals surface area contributed by atoms with E-state index in [4.69, 9.17) is 0 Å². The minimum absolute atomic E-state index is 0.287. The van der Waals surface area contributed by atoms with Crippen molar-refractivity contribution in [2.24, 2.45) is 0 Å². The third kappa shape index (κ3) is 5.71. The van der Waals surface area contributed by atoms with Crippen LogP contribution in [0.2, 0.25) is 0 Å². The highest BCUT2D eigenvalue weighted by molar-refractivity contribution is 7.99. The number of carboxylic acid groups (broad SMARTS) is 1. The molecule has 0 radical (unpaired) electrons. The first-order chi connectivity index (χ1) is 9.89. The molecular weight excluding hydrogens is 282 g/mol. The Kier molecular flexibility index (Phi) is 7.26. The van der Waals surface area contributed by atoms with E-state index in [2.05, 4.69) is 37.4 Å². The Morgan fingerprint density at radius 3 is 2.67 bits per heavy atom. The summed E-state index contributed by atoms with van der Waals surface area (Å²) in [7, 11) is 0. The van der Waals surface area contributed by atoms with Gasteiger partial charge in [0, 0.05) is 11.0 Å². The summed E-state index contributed by atoms with van der Waals surface area (Å²) in [4.78, 5) is 11.5. The Balaban J connectivity index is 2.56. The van der Waals surface area contributed by atoms with Gasteiger partial charge in [-0.2, -0.15) is 11.8 Å². The first-order valence-electron chi connectivity index (χ1n) is 7.53. The minimum atomic E-state index is -0.839. The highest BCUT2D eigenvalue weighted by atomic mass is 32.2. The molecule has 0 spiro atoms. The van der Waals surface area contributed by atoms with Gasteiger partial charge >= 0.3 is 5.97 Å². The van der Waals surface area contributed by atoms with E-state index in [0.717, 1.165) is 18.7 Å². The van der Waals surface area contributed by atoms with E-state index < -0.39 is 11.5 Å². The predicted octanol–water partition coefficient (Wildman–Crippen LogP) is 3.85. The van der Waals surface area contributed by atoms with E-state index in [-0.39, 0.29) is 5.25 Å². The first-order valence-corrected chi connectivity index (χ1v) is 8.58. The number of hydrogen-bond donors (Lipinski definition) is 2.